The maximum atomic E-state index is 13.6. The number of anilines is 1. The molecule has 2 amide bonds. The third-order valence-corrected chi connectivity index (χ3v) is 3.22. The van der Waals surface area contributed by atoms with Crippen LogP contribution in [0.15, 0.2) is 42.5 Å². The summed E-state index contributed by atoms with van der Waals surface area (Å²) in [5.74, 6) is -1.72. The first kappa shape index (κ1) is 16.8. The van der Waals surface area contributed by atoms with Gasteiger partial charge in [-0.1, -0.05) is 17.7 Å². The highest BCUT2D eigenvalue weighted by Gasteiger charge is 2.16. The number of rotatable bonds is 5. The molecule has 2 aromatic rings. The van der Waals surface area contributed by atoms with Crippen molar-refractivity contribution in [3.63, 3.8) is 0 Å². The zero-order valence-corrected chi connectivity index (χ0v) is 12.9. The first-order valence-corrected chi connectivity index (χ1v) is 7.07. The van der Waals surface area contributed by atoms with E-state index in [4.69, 9.17) is 22.1 Å². The lowest BCUT2D eigenvalue weighted by molar-refractivity contribution is -0.122. The van der Waals surface area contributed by atoms with Crippen LogP contribution in [0.3, 0.4) is 0 Å². The second-order valence-electron chi connectivity index (χ2n) is 4.77. The van der Waals surface area contributed by atoms with Crippen molar-refractivity contribution >= 4 is 29.1 Å². The van der Waals surface area contributed by atoms with Gasteiger partial charge in [0.05, 0.1) is 5.56 Å². The Balaban J connectivity index is 2.03. The van der Waals surface area contributed by atoms with Crippen molar-refractivity contribution in [3.8, 4) is 5.75 Å². The molecular formula is C16H14ClFN2O3. The lowest BCUT2D eigenvalue weighted by Gasteiger charge is -2.15. The van der Waals surface area contributed by atoms with Gasteiger partial charge >= 0.3 is 0 Å². The van der Waals surface area contributed by atoms with E-state index in [-0.39, 0.29) is 11.3 Å². The Morgan fingerprint density at radius 2 is 2.00 bits per heavy atom. The summed E-state index contributed by atoms with van der Waals surface area (Å²) in [6.07, 6.45) is -0.827. The SMILES string of the molecule is C[C@H](Oc1cccc(Cl)c1)C(=O)Nc1ccc(C(N)=O)c(F)c1. The highest BCUT2D eigenvalue weighted by molar-refractivity contribution is 6.30. The number of nitrogens with one attached hydrogen (secondary N) is 1. The largest absolute Gasteiger partial charge is 0.481 e. The summed E-state index contributed by atoms with van der Waals surface area (Å²) >= 11 is 5.84. The van der Waals surface area contributed by atoms with Crippen molar-refractivity contribution in [2.24, 2.45) is 5.73 Å². The molecule has 3 N–H and O–H groups in total. The van der Waals surface area contributed by atoms with Crippen LogP contribution in [0.25, 0.3) is 0 Å². The molecule has 0 aliphatic heterocycles. The van der Waals surface area contributed by atoms with Crippen LogP contribution in [0, 0.1) is 5.82 Å². The molecule has 0 spiro atoms. The van der Waals surface area contributed by atoms with Gasteiger partial charge in [0.1, 0.15) is 11.6 Å². The minimum absolute atomic E-state index is 0.194. The van der Waals surface area contributed by atoms with E-state index >= 15 is 0 Å². The van der Waals surface area contributed by atoms with E-state index in [0.717, 1.165) is 6.07 Å². The lowest BCUT2D eigenvalue weighted by Crippen LogP contribution is -2.30. The molecule has 0 aromatic heterocycles. The zero-order valence-electron chi connectivity index (χ0n) is 12.2. The number of amides is 2. The van der Waals surface area contributed by atoms with Crippen molar-refractivity contribution in [2.75, 3.05) is 5.32 Å². The van der Waals surface area contributed by atoms with Crippen molar-refractivity contribution in [2.45, 2.75) is 13.0 Å². The molecule has 0 unspecified atom stereocenters. The molecule has 0 aliphatic rings. The van der Waals surface area contributed by atoms with Gasteiger partial charge in [-0.3, -0.25) is 9.59 Å². The molecule has 0 aliphatic carbocycles. The van der Waals surface area contributed by atoms with Gasteiger partial charge in [0.15, 0.2) is 6.10 Å². The van der Waals surface area contributed by atoms with Crippen LogP contribution in [0.4, 0.5) is 10.1 Å². The third kappa shape index (κ3) is 4.43. The van der Waals surface area contributed by atoms with Gasteiger partial charge < -0.3 is 15.8 Å². The van der Waals surface area contributed by atoms with Crippen molar-refractivity contribution in [1.29, 1.82) is 0 Å². The fourth-order valence-corrected chi connectivity index (χ4v) is 2.01. The predicted molar refractivity (Wildman–Crippen MR) is 85.1 cm³/mol. The summed E-state index contributed by atoms with van der Waals surface area (Å²) in [7, 11) is 0. The Morgan fingerprint density at radius 1 is 1.26 bits per heavy atom. The normalized spacial score (nSPS) is 11.6. The Morgan fingerprint density at radius 3 is 2.61 bits per heavy atom. The Kier molecular flexibility index (Phi) is 5.18. The number of ether oxygens (including phenoxy) is 1. The van der Waals surface area contributed by atoms with Crippen LogP contribution in [0.2, 0.25) is 5.02 Å². The maximum absolute atomic E-state index is 13.6. The average Bonchev–Trinajstić information content (AvgIpc) is 2.46. The van der Waals surface area contributed by atoms with Gasteiger partial charge in [-0.2, -0.15) is 0 Å². The van der Waals surface area contributed by atoms with E-state index in [9.17, 15) is 14.0 Å². The van der Waals surface area contributed by atoms with Gasteiger partial charge in [-0.15, -0.1) is 0 Å². The molecule has 7 heteroatoms. The quantitative estimate of drug-likeness (QED) is 0.880. The topological polar surface area (TPSA) is 81.4 Å². The van der Waals surface area contributed by atoms with Crippen LogP contribution in [-0.2, 0) is 4.79 Å². The Bertz CT molecular complexity index is 752. The fraction of sp³-hybridized carbons (Fsp3) is 0.125. The summed E-state index contributed by atoms with van der Waals surface area (Å²) in [4.78, 5) is 23.0. The standard InChI is InChI=1S/C16H14ClFN2O3/c1-9(23-12-4-2-3-10(17)7-12)16(22)20-11-5-6-13(15(19)21)14(18)8-11/h2-9H,1H3,(H2,19,21)(H,20,22)/t9-/m0/s1. The van der Waals surface area contributed by atoms with E-state index in [2.05, 4.69) is 5.32 Å². The van der Waals surface area contributed by atoms with E-state index in [1.165, 1.54) is 12.1 Å². The molecule has 2 aromatic carbocycles. The first-order valence-electron chi connectivity index (χ1n) is 6.69. The summed E-state index contributed by atoms with van der Waals surface area (Å²) in [5, 5.41) is 2.98. The zero-order chi connectivity index (χ0) is 17.0. The molecule has 23 heavy (non-hydrogen) atoms. The highest BCUT2D eigenvalue weighted by Crippen LogP contribution is 2.19. The number of nitrogens with two attached hydrogens (primary N) is 1. The first-order chi connectivity index (χ1) is 10.9. The van der Waals surface area contributed by atoms with Crippen LogP contribution in [-0.4, -0.2) is 17.9 Å². The molecule has 1 atom stereocenters. The van der Waals surface area contributed by atoms with E-state index in [1.807, 2.05) is 0 Å². The Labute approximate surface area is 137 Å². The minimum atomic E-state index is -0.877. The number of benzene rings is 2. The van der Waals surface area contributed by atoms with Crippen molar-refractivity contribution < 1.29 is 18.7 Å². The van der Waals surface area contributed by atoms with Crippen LogP contribution in [0.5, 0.6) is 5.75 Å². The lowest BCUT2D eigenvalue weighted by atomic mass is 10.2. The Hall–Kier alpha value is -2.60. The molecular weight excluding hydrogens is 323 g/mol. The number of carbonyl (C=O) groups excluding carboxylic acids is 2. The van der Waals surface area contributed by atoms with E-state index in [0.29, 0.717) is 10.8 Å². The van der Waals surface area contributed by atoms with Gasteiger partial charge in [0.2, 0.25) is 0 Å². The van der Waals surface area contributed by atoms with Gasteiger partial charge in [-0.25, -0.2) is 4.39 Å². The highest BCUT2D eigenvalue weighted by atomic mass is 35.5. The number of halogens is 2. The average molecular weight is 337 g/mol. The molecule has 0 bridgehead atoms. The minimum Gasteiger partial charge on any atom is -0.481 e. The van der Waals surface area contributed by atoms with Gasteiger partial charge in [0.25, 0.3) is 11.8 Å². The fourth-order valence-electron chi connectivity index (χ4n) is 1.83. The number of hydrogen-bond donors (Lipinski definition) is 2. The van der Waals surface area contributed by atoms with Gasteiger partial charge in [0, 0.05) is 10.7 Å². The summed E-state index contributed by atoms with van der Waals surface area (Å²) < 4.78 is 19.1. The summed E-state index contributed by atoms with van der Waals surface area (Å²) in [6.45, 7) is 1.55. The van der Waals surface area contributed by atoms with Crippen LogP contribution in [0.1, 0.15) is 17.3 Å². The monoisotopic (exact) mass is 336 g/mol. The molecule has 0 saturated heterocycles. The molecule has 5 nitrogen and oxygen atoms in total. The van der Waals surface area contributed by atoms with Crippen LogP contribution < -0.4 is 15.8 Å². The molecule has 2 rings (SSSR count). The maximum Gasteiger partial charge on any atom is 0.265 e. The second kappa shape index (κ2) is 7.11. The second-order valence-corrected chi connectivity index (χ2v) is 5.20. The summed E-state index contributed by atoms with van der Waals surface area (Å²) in [5.41, 5.74) is 4.96. The summed E-state index contributed by atoms with van der Waals surface area (Å²) in [6, 6.07) is 10.2. The van der Waals surface area contributed by atoms with Crippen molar-refractivity contribution in [3.05, 3.63) is 58.9 Å². The third-order valence-electron chi connectivity index (χ3n) is 2.98. The molecule has 0 saturated carbocycles. The van der Waals surface area contributed by atoms with E-state index in [1.54, 1.807) is 31.2 Å². The number of primary amides is 1. The molecule has 120 valence electrons. The number of carbonyl (C=O) groups is 2. The number of hydrogen-bond acceptors (Lipinski definition) is 3. The predicted octanol–water partition coefficient (Wildman–Crippen LogP) is 2.98. The molecule has 0 fully saturated rings. The van der Waals surface area contributed by atoms with E-state index < -0.39 is 23.7 Å². The molecule has 0 heterocycles. The smallest absolute Gasteiger partial charge is 0.265 e. The molecule has 0 radical (unpaired) electrons. The van der Waals surface area contributed by atoms with Gasteiger partial charge in [-0.05, 0) is 43.3 Å². The van der Waals surface area contributed by atoms with Crippen LogP contribution >= 0.6 is 11.6 Å². The van der Waals surface area contributed by atoms with Crippen molar-refractivity contribution in [1.82, 2.24) is 0 Å².